The van der Waals surface area contributed by atoms with Crippen LogP contribution in [0.25, 0.3) is 11.0 Å². The molecule has 0 aliphatic carbocycles. The highest BCUT2D eigenvalue weighted by molar-refractivity contribution is 7.86. The smallest absolute Gasteiger partial charge is 0.281 e. The molecule has 0 amide bonds. The van der Waals surface area contributed by atoms with E-state index < -0.39 is 10.2 Å². The zero-order chi connectivity index (χ0) is 18.2. The highest BCUT2D eigenvalue weighted by Crippen LogP contribution is 2.32. The molecule has 0 radical (unpaired) electrons. The topological polar surface area (TPSA) is 74.6 Å². The van der Waals surface area contributed by atoms with E-state index in [0.717, 1.165) is 36.2 Å². The lowest BCUT2D eigenvalue weighted by Crippen LogP contribution is -2.38. The van der Waals surface area contributed by atoms with Crippen LogP contribution in [0.3, 0.4) is 0 Å². The third kappa shape index (κ3) is 3.55. The van der Waals surface area contributed by atoms with E-state index in [0.29, 0.717) is 13.1 Å². The fourth-order valence-electron chi connectivity index (χ4n) is 3.18. The summed E-state index contributed by atoms with van der Waals surface area (Å²) in [5, 5.41) is 5.82. The molecule has 9 heteroatoms. The van der Waals surface area contributed by atoms with Crippen molar-refractivity contribution in [2.75, 3.05) is 47.8 Å². The molecule has 25 heavy (non-hydrogen) atoms. The van der Waals surface area contributed by atoms with Gasteiger partial charge in [-0.15, -0.1) is 0 Å². The maximum atomic E-state index is 12.4. The minimum absolute atomic E-state index is 0.0991. The third-order valence-electron chi connectivity index (χ3n) is 4.62. The SMILES string of the molecule is CN(C)CCn1nc(C2CCN(S(=O)(=O)N(C)C)C2)c2cccnc21. The minimum atomic E-state index is -3.38. The number of aromatic nitrogens is 3. The quantitative estimate of drug-likeness (QED) is 0.748. The van der Waals surface area contributed by atoms with Gasteiger partial charge in [-0.3, -0.25) is 0 Å². The first kappa shape index (κ1) is 18.2. The molecule has 0 spiro atoms. The average molecular weight is 366 g/mol. The van der Waals surface area contributed by atoms with Crippen molar-refractivity contribution in [1.82, 2.24) is 28.3 Å². The monoisotopic (exact) mass is 366 g/mol. The molecule has 1 fully saturated rings. The summed E-state index contributed by atoms with van der Waals surface area (Å²) in [6.45, 7) is 2.62. The number of hydrogen-bond donors (Lipinski definition) is 0. The molecular formula is C16H26N6O2S. The summed E-state index contributed by atoms with van der Waals surface area (Å²) in [5.74, 6) is 0.0991. The van der Waals surface area contributed by atoms with Crippen LogP contribution in [0.2, 0.25) is 0 Å². The molecule has 1 aliphatic heterocycles. The van der Waals surface area contributed by atoms with Crippen molar-refractivity contribution < 1.29 is 8.42 Å². The molecule has 2 aromatic rings. The van der Waals surface area contributed by atoms with Crippen molar-refractivity contribution in [1.29, 1.82) is 0 Å². The fraction of sp³-hybridized carbons (Fsp3) is 0.625. The van der Waals surface area contributed by atoms with Gasteiger partial charge >= 0.3 is 0 Å². The van der Waals surface area contributed by atoms with Crippen molar-refractivity contribution in [3.05, 3.63) is 24.0 Å². The summed E-state index contributed by atoms with van der Waals surface area (Å²) >= 11 is 0. The largest absolute Gasteiger partial charge is 0.308 e. The second kappa shape index (κ2) is 6.99. The van der Waals surface area contributed by atoms with Gasteiger partial charge in [-0.05, 0) is 32.6 Å². The Morgan fingerprint density at radius 1 is 1.28 bits per heavy atom. The second-order valence-corrected chi connectivity index (χ2v) is 9.06. The van der Waals surface area contributed by atoms with Crippen LogP contribution >= 0.6 is 0 Å². The van der Waals surface area contributed by atoms with Crippen LogP contribution < -0.4 is 0 Å². The van der Waals surface area contributed by atoms with Crippen molar-refractivity contribution in [2.24, 2.45) is 0 Å². The zero-order valence-corrected chi connectivity index (χ0v) is 16.1. The maximum Gasteiger partial charge on any atom is 0.281 e. The molecule has 2 aromatic heterocycles. The first-order valence-electron chi connectivity index (χ1n) is 8.44. The highest BCUT2D eigenvalue weighted by atomic mass is 32.2. The normalized spacial score (nSPS) is 19.5. The summed E-state index contributed by atoms with van der Waals surface area (Å²) < 4.78 is 29.5. The molecule has 1 unspecified atom stereocenters. The third-order valence-corrected chi connectivity index (χ3v) is 6.53. The standard InChI is InChI=1S/C16H26N6O2S/c1-19(2)10-11-22-16-14(6-5-8-17-16)15(18-22)13-7-9-21(12-13)25(23,24)20(3)4/h5-6,8,13H,7,9-12H2,1-4H3. The molecule has 1 atom stereocenters. The predicted octanol–water partition coefficient (Wildman–Crippen LogP) is 0.589. The van der Waals surface area contributed by atoms with Gasteiger partial charge in [0, 0.05) is 51.2 Å². The second-order valence-electron chi connectivity index (χ2n) is 6.92. The molecule has 3 heterocycles. The molecule has 0 N–H and O–H groups in total. The van der Waals surface area contributed by atoms with Crippen LogP contribution in [0.15, 0.2) is 18.3 Å². The minimum Gasteiger partial charge on any atom is -0.308 e. The van der Waals surface area contributed by atoms with Crippen molar-refractivity contribution >= 4 is 21.2 Å². The lowest BCUT2D eigenvalue weighted by atomic mass is 10.0. The van der Waals surface area contributed by atoms with E-state index in [2.05, 4.69) is 9.88 Å². The molecule has 8 nitrogen and oxygen atoms in total. The Hall–Kier alpha value is -1.55. The van der Waals surface area contributed by atoms with Crippen LogP contribution in [0.4, 0.5) is 0 Å². The number of hydrogen-bond acceptors (Lipinski definition) is 5. The number of likely N-dealkylation sites (N-methyl/N-ethyl adjacent to an activating group) is 1. The summed E-state index contributed by atoms with van der Waals surface area (Å²) in [7, 11) is 3.82. The summed E-state index contributed by atoms with van der Waals surface area (Å²) in [4.78, 5) is 6.60. The van der Waals surface area contributed by atoms with Crippen molar-refractivity contribution in [3.63, 3.8) is 0 Å². The van der Waals surface area contributed by atoms with Gasteiger partial charge in [0.05, 0.1) is 12.2 Å². The predicted molar refractivity (Wildman–Crippen MR) is 97.6 cm³/mol. The Labute approximate surface area is 149 Å². The van der Waals surface area contributed by atoms with Gasteiger partial charge in [0.25, 0.3) is 10.2 Å². The first-order valence-corrected chi connectivity index (χ1v) is 9.84. The van der Waals surface area contributed by atoms with E-state index >= 15 is 0 Å². The first-order chi connectivity index (χ1) is 11.8. The van der Waals surface area contributed by atoms with E-state index in [1.807, 2.05) is 30.9 Å². The van der Waals surface area contributed by atoms with E-state index in [-0.39, 0.29) is 5.92 Å². The average Bonchev–Trinajstić information content (AvgIpc) is 3.18. The Morgan fingerprint density at radius 3 is 2.72 bits per heavy atom. The lowest BCUT2D eigenvalue weighted by Gasteiger charge is -2.20. The van der Waals surface area contributed by atoms with E-state index in [1.165, 1.54) is 4.31 Å². The Balaban J connectivity index is 1.89. The Kier molecular flexibility index (Phi) is 5.10. The van der Waals surface area contributed by atoms with E-state index in [4.69, 9.17) is 5.10 Å². The van der Waals surface area contributed by atoms with Crippen LogP contribution in [0.5, 0.6) is 0 Å². The summed E-state index contributed by atoms with van der Waals surface area (Å²) in [6, 6.07) is 3.94. The van der Waals surface area contributed by atoms with E-state index in [9.17, 15) is 8.42 Å². The summed E-state index contributed by atoms with van der Waals surface area (Å²) in [5.41, 5.74) is 1.83. The van der Waals surface area contributed by atoms with Gasteiger partial charge in [0.1, 0.15) is 0 Å². The number of nitrogens with zero attached hydrogens (tertiary/aromatic N) is 6. The Bertz CT molecular complexity index is 845. The van der Waals surface area contributed by atoms with Gasteiger partial charge in [0.15, 0.2) is 5.65 Å². The molecule has 1 saturated heterocycles. The molecule has 0 aromatic carbocycles. The zero-order valence-electron chi connectivity index (χ0n) is 15.3. The summed E-state index contributed by atoms with van der Waals surface area (Å²) in [6.07, 6.45) is 2.55. The molecule has 0 saturated carbocycles. The number of fused-ring (bicyclic) bond motifs is 1. The number of pyridine rings is 1. The maximum absolute atomic E-state index is 12.4. The lowest BCUT2D eigenvalue weighted by molar-refractivity contribution is 0.374. The van der Waals surface area contributed by atoms with Crippen LogP contribution in [0, 0.1) is 0 Å². The van der Waals surface area contributed by atoms with E-state index in [1.54, 1.807) is 24.6 Å². The molecule has 0 bridgehead atoms. The Morgan fingerprint density at radius 2 is 2.04 bits per heavy atom. The van der Waals surface area contributed by atoms with Crippen LogP contribution in [-0.2, 0) is 16.8 Å². The van der Waals surface area contributed by atoms with Crippen LogP contribution in [-0.4, -0.2) is 84.5 Å². The van der Waals surface area contributed by atoms with Crippen molar-refractivity contribution in [3.8, 4) is 0 Å². The number of rotatable bonds is 6. The van der Waals surface area contributed by atoms with Gasteiger partial charge in [-0.2, -0.15) is 22.1 Å². The fourth-order valence-corrected chi connectivity index (χ4v) is 4.34. The molecule has 1 aliphatic rings. The molecule has 138 valence electrons. The highest BCUT2D eigenvalue weighted by Gasteiger charge is 2.35. The van der Waals surface area contributed by atoms with Crippen molar-refractivity contribution in [2.45, 2.75) is 18.9 Å². The molecule has 3 rings (SSSR count). The van der Waals surface area contributed by atoms with Gasteiger partial charge in [-0.25, -0.2) is 9.67 Å². The van der Waals surface area contributed by atoms with Gasteiger partial charge < -0.3 is 4.90 Å². The van der Waals surface area contributed by atoms with Gasteiger partial charge in [-0.1, -0.05) is 0 Å². The molecular weight excluding hydrogens is 340 g/mol. The van der Waals surface area contributed by atoms with Gasteiger partial charge in [0.2, 0.25) is 0 Å². The van der Waals surface area contributed by atoms with Crippen LogP contribution in [0.1, 0.15) is 18.0 Å².